The maximum absolute atomic E-state index is 10.1. The van der Waals surface area contributed by atoms with Crippen LogP contribution in [-0.2, 0) is 29.1 Å². The predicted octanol–water partition coefficient (Wildman–Crippen LogP) is 5.25. The third kappa shape index (κ3) is 31.8. The molecule has 5 heteroatoms. The number of hydrogen-bond donors (Lipinski definition) is 2. The number of rotatable bonds is 13. The van der Waals surface area contributed by atoms with Crippen molar-refractivity contribution in [1.29, 1.82) is 0 Å². The molecule has 0 saturated heterocycles. The molecule has 0 bridgehead atoms. The normalized spacial score (nSPS) is 9.36. The number of aliphatic carboxylic acids is 2. The van der Waals surface area contributed by atoms with Crippen molar-refractivity contribution in [2.45, 2.75) is 97.3 Å². The minimum Gasteiger partial charge on any atom is -0.481 e. The van der Waals surface area contributed by atoms with Crippen molar-refractivity contribution in [3.05, 3.63) is 0 Å². The molecule has 0 atom stereocenters. The van der Waals surface area contributed by atoms with E-state index in [-0.39, 0.29) is 19.5 Å². The molecule has 0 radical (unpaired) electrons. The Hall–Kier alpha value is -0.437. The minimum absolute atomic E-state index is 0. The van der Waals surface area contributed by atoms with E-state index < -0.39 is 11.9 Å². The zero-order valence-electron chi connectivity index (χ0n) is 14.6. The first-order valence-electron chi connectivity index (χ1n) is 8.48. The van der Waals surface area contributed by atoms with Crippen LogP contribution >= 0.6 is 0 Å². The second-order valence-electron chi connectivity index (χ2n) is 5.47. The summed E-state index contributed by atoms with van der Waals surface area (Å²) in [5.41, 5.74) is 0. The fourth-order valence-corrected chi connectivity index (χ4v) is 1.94. The number of carboxylic acids is 2. The minimum atomic E-state index is -0.670. The summed E-state index contributed by atoms with van der Waals surface area (Å²) in [6, 6.07) is 0. The van der Waals surface area contributed by atoms with Crippen molar-refractivity contribution in [3.63, 3.8) is 0 Å². The summed E-state index contributed by atoms with van der Waals surface area (Å²) in [4.78, 5) is 20.1. The van der Waals surface area contributed by atoms with Crippen molar-refractivity contribution in [3.8, 4) is 0 Å². The Balaban J connectivity index is -0.000000315. The fraction of sp³-hybridized carbons (Fsp3) is 0.882. The largest absolute Gasteiger partial charge is 0.481 e. The van der Waals surface area contributed by atoms with E-state index in [1.54, 1.807) is 0 Å². The molecule has 0 saturated carbocycles. The van der Waals surface area contributed by atoms with Gasteiger partial charge in [-0.15, -0.1) is 0 Å². The summed E-state index contributed by atoms with van der Waals surface area (Å²) in [5, 5.41) is 16.6. The topological polar surface area (TPSA) is 74.6 Å². The van der Waals surface area contributed by atoms with Crippen molar-refractivity contribution >= 4 is 11.9 Å². The second-order valence-corrected chi connectivity index (χ2v) is 5.47. The molecule has 0 amide bonds. The first-order chi connectivity index (χ1) is 10.0. The molecule has 0 aliphatic rings. The summed E-state index contributed by atoms with van der Waals surface area (Å²) in [7, 11) is 0. The molecule has 0 aliphatic carbocycles. The van der Waals surface area contributed by atoms with Gasteiger partial charge in [0.05, 0.1) is 0 Å². The summed E-state index contributed by atoms with van der Waals surface area (Å²) in [6.45, 7) is 4.33. The van der Waals surface area contributed by atoms with E-state index in [1.165, 1.54) is 44.9 Å². The van der Waals surface area contributed by atoms with Crippen molar-refractivity contribution in [2.24, 2.45) is 0 Å². The summed E-state index contributed by atoms with van der Waals surface area (Å²) in [6.07, 6.45) is 13.1. The molecule has 0 unspecified atom stereocenters. The quantitative estimate of drug-likeness (QED) is 0.344. The van der Waals surface area contributed by atoms with Gasteiger partial charge >= 0.3 is 11.9 Å². The molecule has 2 N–H and O–H groups in total. The SMILES string of the molecule is CCCCCCCC(=O)O.CCCCCCCCC(=O)O.[Zn]. The van der Waals surface area contributed by atoms with Gasteiger partial charge in [0, 0.05) is 32.3 Å². The van der Waals surface area contributed by atoms with E-state index in [2.05, 4.69) is 13.8 Å². The second kappa shape index (κ2) is 22.8. The van der Waals surface area contributed by atoms with Gasteiger partial charge < -0.3 is 10.2 Å². The Kier molecular flexibility index (Phi) is 27.5. The van der Waals surface area contributed by atoms with E-state index in [0.717, 1.165) is 25.7 Å². The van der Waals surface area contributed by atoms with Gasteiger partial charge in [-0.2, -0.15) is 0 Å². The summed E-state index contributed by atoms with van der Waals surface area (Å²) in [5.74, 6) is -1.34. The Morgan fingerprint density at radius 2 is 0.864 bits per heavy atom. The van der Waals surface area contributed by atoms with Crippen LogP contribution in [0.5, 0.6) is 0 Å². The van der Waals surface area contributed by atoms with Crippen LogP contribution in [0.1, 0.15) is 97.3 Å². The van der Waals surface area contributed by atoms with Gasteiger partial charge in [0.25, 0.3) is 0 Å². The summed E-state index contributed by atoms with van der Waals surface area (Å²) < 4.78 is 0. The predicted molar refractivity (Wildman–Crippen MR) is 86.6 cm³/mol. The maximum atomic E-state index is 10.1. The van der Waals surface area contributed by atoms with Crippen LogP contribution in [0.2, 0.25) is 0 Å². The van der Waals surface area contributed by atoms with Crippen LogP contribution in [0.3, 0.4) is 0 Å². The summed E-state index contributed by atoms with van der Waals surface area (Å²) >= 11 is 0. The average molecular weight is 368 g/mol. The maximum Gasteiger partial charge on any atom is 0.303 e. The van der Waals surface area contributed by atoms with Crippen molar-refractivity contribution in [2.75, 3.05) is 0 Å². The van der Waals surface area contributed by atoms with Gasteiger partial charge in [-0.3, -0.25) is 9.59 Å². The van der Waals surface area contributed by atoms with Gasteiger partial charge in [0.1, 0.15) is 0 Å². The van der Waals surface area contributed by atoms with Crippen LogP contribution in [0.4, 0.5) is 0 Å². The van der Waals surface area contributed by atoms with E-state index in [0.29, 0.717) is 12.8 Å². The first kappa shape index (κ1) is 26.5. The molecule has 0 aliphatic heterocycles. The van der Waals surface area contributed by atoms with E-state index in [9.17, 15) is 9.59 Å². The van der Waals surface area contributed by atoms with Crippen molar-refractivity contribution in [1.82, 2.24) is 0 Å². The van der Waals surface area contributed by atoms with Gasteiger partial charge in [0.2, 0.25) is 0 Å². The average Bonchev–Trinajstić information content (AvgIpc) is 2.42. The Morgan fingerprint density at radius 3 is 1.14 bits per heavy atom. The molecule has 0 spiro atoms. The number of carbonyl (C=O) groups is 2. The Morgan fingerprint density at radius 1 is 0.591 bits per heavy atom. The van der Waals surface area contributed by atoms with Crippen LogP contribution < -0.4 is 0 Å². The number of carboxylic acid groups (broad SMARTS) is 2. The molecule has 0 aromatic rings. The third-order valence-electron chi connectivity index (χ3n) is 3.24. The number of unbranched alkanes of at least 4 members (excludes halogenated alkanes) is 9. The smallest absolute Gasteiger partial charge is 0.303 e. The zero-order valence-corrected chi connectivity index (χ0v) is 17.6. The first-order valence-corrected chi connectivity index (χ1v) is 8.48. The zero-order chi connectivity index (χ0) is 16.3. The molecule has 4 nitrogen and oxygen atoms in total. The molecule has 0 aromatic heterocycles. The molecule has 0 aromatic carbocycles. The van der Waals surface area contributed by atoms with E-state index in [1.807, 2.05) is 0 Å². The molecule has 22 heavy (non-hydrogen) atoms. The van der Waals surface area contributed by atoms with Crippen LogP contribution in [0.25, 0.3) is 0 Å². The fourth-order valence-electron chi connectivity index (χ4n) is 1.94. The molecule has 0 rings (SSSR count). The van der Waals surface area contributed by atoms with Gasteiger partial charge in [-0.1, -0.05) is 71.6 Å². The van der Waals surface area contributed by atoms with E-state index >= 15 is 0 Å². The molecular weight excluding hydrogens is 334 g/mol. The van der Waals surface area contributed by atoms with Gasteiger partial charge in [-0.05, 0) is 12.8 Å². The third-order valence-corrected chi connectivity index (χ3v) is 3.24. The van der Waals surface area contributed by atoms with Crippen LogP contribution in [-0.4, -0.2) is 22.2 Å². The monoisotopic (exact) mass is 366 g/mol. The molecule has 0 heterocycles. The van der Waals surface area contributed by atoms with Crippen LogP contribution in [0, 0.1) is 0 Å². The number of hydrogen-bond acceptors (Lipinski definition) is 2. The molecular formula is C17H34O4Zn. The Labute approximate surface area is 148 Å². The van der Waals surface area contributed by atoms with Gasteiger partial charge in [0.15, 0.2) is 0 Å². The Bertz CT molecular complexity index is 245. The molecule has 0 fully saturated rings. The van der Waals surface area contributed by atoms with Crippen molar-refractivity contribution < 1.29 is 39.3 Å². The van der Waals surface area contributed by atoms with Crippen LogP contribution in [0.15, 0.2) is 0 Å². The standard InChI is InChI=1S/C9H18O2.C8H16O2.Zn/c1-2-3-4-5-6-7-8-9(10)11;1-2-3-4-5-6-7-8(9)10;/h2-8H2,1H3,(H,10,11);2-7H2,1H3,(H,9,10);. The molecule has 128 valence electrons. The van der Waals surface area contributed by atoms with Gasteiger partial charge in [-0.25, -0.2) is 0 Å². The van der Waals surface area contributed by atoms with E-state index in [4.69, 9.17) is 10.2 Å².